The van der Waals surface area contributed by atoms with Crippen LogP contribution in [0.25, 0.3) is 0 Å². The first-order chi connectivity index (χ1) is 9.36. The maximum Gasteiger partial charge on any atom is 0.251 e. The van der Waals surface area contributed by atoms with Gasteiger partial charge in [-0.2, -0.15) is 0 Å². The molecule has 1 aromatic carbocycles. The van der Waals surface area contributed by atoms with Gasteiger partial charge in [0.1, 0.15) is 0 Å². The van der Waals surface area contributed by atoms with Gasteiger partial charge in [-0.1, -0.05) is 19.1 Å². The van der Waals surface area contributed by atoms with Crippen LogP contribution in [0.5, 0.6) is 0 Å². The van der Waals surface area contributed by atoms with E-state index in [0.717, 1.165) is 18.5 Å². The van der Waals surface area contributed by atoms with Crippen molar-refractivity contribution in [3.05, 3.63) is 29.8 Å². The van der Waals surface area contributed by atoms with Crippen LogP contribution in [0.2, 0.25) is 0 Å². The lowest BCUT2D eigenvalue weighted by Crippen LogP contribution is -2.29. The Bertz CT molecular complexity index is 521. The standard InChI is InChI=1S/C13H20F2N2O2S/c1-3-7-16-10(2)11-5-4-6-12(8-11)20(18,19)17-9-13(14)15/h4-6,8,10,13,16-17H,3,7,9H2,1-2H3. The molecule has 0 saturated heterocycles. The summed E-state index contributed by atoms with van der Waals surface area (Å²) in [6, 6.07) is 6.31. The zero-order valence-electron chi connectivity index (χ0n) is 11.6. The van der Waals surface area contributed by atoms with Crippen LogP contribution >= 0.6 is 0 Å². The predicted octanol–water partition coefficient (Wildman–Crippen LogP) is 2.29. The highest BCUT2D eigenvalue weighted by molar-refractivity contribution is 7.89. The van der Waals surface area contributed by atoms with Gasteiger partial charge >= 0.3 is 0 Å². The maximum atomic E-state index is 12.1. The molecule has 0 aromatic heterocycles. The number of hydrogen-bond acceptors (Lipinski definition) is 3. The molecule has 0 aliphatic heterocycles. The average molecular weight is 306 g/mol. The first-order valence-electron chi connectivity index (χ1n) is 6.48. The van der Waals surface area contributed by atoms with Crippen molar-refractivity contribution in [2.45, 2.75) is 37.6 Å². The Morgan fingerprint density at radius 2 is 2.00 bits per heavy atom. The van der Waals surface area contributed by atoms with Crippen LogP contribution < -0.4 is 10.0 Å². The molecule has 7 heteroatoms. The van der Waals surface area contributed by atoms with Crippen molar-refractivity contribution in [1.29, 1.82) is 0 Å². The Kier molecular flexibility index (Phi) is 6.51. The second-order valence-electron chi connectivity index (χ2n) is 4.49. The second-order valence-corrected chi connectivity index (χ2v) is 6.26. The molecule has 20 heavy (non-hydrogen) atoms. The van der Waals surface area contributed by atoms with Crippen molar-refractivity contribution >= 4 is 10.0 Å². The van der Waals surface area contributed by atoms with Crippen LogP contribution in [0.4, 0.5) is 8.78 Å². The maximum absolute atomic E-state index is 12.1. The van der Waals surface area contributed by atoms with Gasteiger partial charge in [0.25, 0.3) is 6.43 Å². The SMILES string of the molecule is CCCNC(C)c1cccc(S(=O)(=O)NCC(F)F)c1. The molecule has 0 fully saturated rings. The van der Waals surface area contributed by atoms with E-state index < -0.39 is 23.0 Å². The smallest absolute Gasteiger partial charge is 0.251 e. The summed E-state index contributed by atoms with van der Waals surface area (Å²) in [5, 5.41) is 3.24. The minimum absolute atomic E-state index is 0.000184. The van der Waals surface area contributed by atoms with Gasteiger partial charge in [-0.3, -0.25) is 0 Å². The summed E-state index contributed by atoms with van der Waals surface area (Å²) in [7, 11) is -3.89. The predicted molar refractivity (Wildman–Crippen MR) is 74.3 cm³/mol. The molecule has 0 heterocycles. The zero-order chi connectivity index (χ0) is 15.2. The summed E-state index contributed by atoms with van der Waals surface area (Å²) in [6.07, 6.45) is -1.74. The van der Waals surface area contributed by atoms with Crippen LogP contribution in [0.3, 0.4) is 0 Å². The molecule has 2 N–H and O–H groups in total. The van der Waals surface area contributed by atoms with Gasteiger partial charge in [-0.05, 0) is 37.6 Å². The summed E-state index contributed by atoms with van der Waals surface area (Å²) in [5.74, 6) is 0. The molecule has 1 atom stereocenters. The van der Waals surface area contributed by atoms with E-state index in [9.17, 15) is 17.2 Å². The van der Waals surface area contributed by atoms with E-state index in [-0.39, 0.29) is 10.9 Å². The summed E-state index contributed by atoms with van der Waals surface area (Å²) < 4.78 is 49.8. The Morgan fingerprint density at radius 3 is 2.60 bits per heavy atom. The molecule has 1 aromatic rings. The highest BCUT2D eigenvalue weighted by Crippen LogP contribution is 2.17. The highest BCUT2D eigenvalue weighted by Gasteiger charge is 2.17. The van der Waals surface area contributed by atoms with E-state index in [1.165, 1.54) is 12.1 Å². The van der Waals surface area contributed by atoms with Gasteiger partial charge in [-0.25, -0.2) is 21.9 Å². The average Bonchev–Trinajstić information content (AvgIpc) is 2.43. The third-order valence-electron chi connectivity index (χ3n) is 2.80. The third kappa shape index (κ3) is 5.15. The number of benzene rings is 1. The van der Waals surface area contributed by atoms with Gasteiger partial charge in [0.05, 0.1) is 11.4 Å². The van der Waals surface area contributed by atoms with E-state index in [2.05, 4.69) is 5.32 Å². The molecule has 1 unspecified atom stereocenters. The Labute approximate surface area is 118 Å². The van der Waals surface area contributed by atoms with E-state index in [0.29, 0.717) is 0 Å². The summed E-state index contributed by atoms with van der Waals surface area (Å²) >= 11 is 0. The topological polar surface area (TPSA) is 58.2 Å². The lowest BCUT2D eigenvalue weighted by atomic mass is 10.1. The second kappa shape index (κ2) is 7.66. The summed E-state index contributed by atoms with van der Waals surface area (Å²) in [4.78, 5) is 0.000739. The van der Waals surface area contributed by atoms with Crippen LogP contribution in [0, 0.1) is 0 Å². The van der Waals surface area contributed by atoms with Crippen LogP contribution in [-0.4, -0.2) is 27.9 Å². The lowest BCUT2D eigenvalue weighted by molar-refractivity contribution is 0.153. The van der Waals surface area contributed by atoms with Crippen LogP contribution in [0.1, 0.15) is 31.9 Å². The summed E-state index contributed by atoms with van der Waals surface area (Å²) in [5.41, 5.74) is 0.804. The molecule has 0 bridgehead atoms. The molecule has 1 rings (SSSR count). The van der Waals surface area contributed by atoms with Gasteiger partial charge in [0.15, 0.2) is 0 Å². The van der Waals surface area contributed by atoms with Gasteiger partial charge in [-0.15, -0.1) is 0 Å². The largest absolute Gasteiger partial charge is 0.310 e. The molecular formula is C13H20F2N2O2S. The fourth-order valence-corrected chi connectivity index (χ4v) is 2.75. The molecule has 0 radical (unpaired) electrons. The van der Waals surface area contributed by atoms with Gasteiger partial charge < -0.3 is 5.32 Å². The number of hydrogen-bond donors (Lipinski definition) is 2. The minimum atomic E-state index is -3.89. The number of alkyl halides is 2. The summed E-state index contributed by atoms with van der Waals surface area (Å²) in [6.45, 7) is 3.90. The highest BCUT2D eigenvalue weighted by atomic mass is 32.2. The number of nitrogens with one attached hydrogen (secondary N) is 2. The first-order valence-corrected chi connectivity index (χ1v) is 7.96. The van der Waals surface area contributed by atoms with Crippen molar-refractivity contribution in [2.75, 3.05) is 13.1 Å². The van der Waals surface area contributed by atoms with Crippen molar-refractivity contribution in [3.8, 4) is 0 Å². The number of rotatable bonds is 8. The van der Waals surface area contributed by atoms with E-state index >= 15 is 0 Å². The quantitative estimate of drug-likeness (QED) is 0.775. The van der Waals surface area contributed by atoms with Crippen molar-refractivity contribution in [3.63, 3.8) is 0 Å². The van der Waals surface area contributed by atoms with E-state index in [1.54, 1.807) is 12.1 Å². The van der Waals surface area contributed by atoms with Crippen LogP contribution in [0.15, 0.2) is 29.2 Å². The molecule has 114 valence electrons. The third-order valence-corrected chi connectivity index (χ3v) is 4.22. The first kappa shape index (κ1) is 17.0. The fourth-order valence-electron chi connectivity index (χ4n) is 1.69. The Morgan fingerprint density at radius 1 is 1.30 bits per heavy atom. The molecule has 0 spiro atoms. The molecule has 0 amide bonds. The number of halogens is 2. The van der Waals surface area contributed by atoms with Gasteiger partial charge in [0, 0.05) is 6.04 Å². The van der Waals surface area contributed by atoms with Crippen molar-refractivity contribution in [1.82, 2.24) is 10.0 Å². The van der Waals surface area contributed by atoms with Crippen molar-refractivity contribution in [2.24, 2.45) is 0 Å². The normalized spacial score (nSPS) is 13.7. The zero-order valence-corrected chi connectivity index (χ0v) is 12.4. The number of sulfonamides is 1. The molecule has 4 nitrogen and oxygen atoms in total. The van der Waals surface area contributed by atoms with Crippen LogP contribution in [-0.2, 0) is 10.0 Å². The lowest BCUT2D eigenvalue weighted by Gasteiger charge is -2.15. The van der Waals surface area contributed by atoms with E-state index in [4.69, 9.17) is 0 Å². The molecule has 0 aliphatic carbocycles. The molecular weight excluding hydrogens is 286 g/mol. The minimum Gasteiger partial charge on any atom is -0.310 e. The Balaban J connectivity index is 2.86. The fraction of sp³-hybridized carbons (Fsp3) is 0.538. The molecule has 0 saturated carbocycles. The van der Waals surface area contributed by atoms with Gasteiger partial charge in [0.2, 0.25) is 10.0 Å². The molecule has 0 aliphatic rings. The van der Waals surface area contributed by atoms with Crippen molar-refractivity contribution < 1.29 is 17.2 Å². The van der Waals surface area contributed by atoms with E-state index in [1.807, 2.05) is 18.6 Å². The monoisotopic (exact) mass is 306 g/mol. The Hall–Kier alpha value is -1.05.